The van der Waals surface area contributed by atoms with Crippen molar-refractivity contribution in [3.05, 3.63) is 103 Å². The molecule has 0 amide bonds. The first-order valence-electron chi connectivity index (χ1n) is 9.39. The molecule has 3 aromatic carbocycles. The second kappa shape index (κ2) is 25.2. The van der Waals surface area contributed by atoms with Gasteiger partial charge in [-0.2, -0.15) is 8.78 Å². The van der Waals surface area contributed by atoms with E-state index in [9.17, 15) is 49.5 Å². The average Bonchev–Trinajstić information content (AvgIpc) is 2.86. The molecular weight excluding hydrogens is 1410 g/mol. The summed E-state index contributed by atoms with van der Waals surface area (Å²) >= 11 is 33.9. The SMILES string of the molecule is I[I-]I.O=C(Cl)c1cc(F)c(Cl)cc1Cl.O=C(F)c1cc(F)c(F)cc1Cl.O=C(F)c1cc(F)c(F)cc1F.[I][V]([I])[I]. The van der Waals surface area contributed by atoms with Crippen molar-refractivity contribution < 1.29 is 67.7 Å². The number of hydrogen-bond acceptors (Lipinski definition) is 3. The van der Waals surface area contributed by atoms with Gasteiger partial charge in [-0.25, -0.2) is 26.3 Å². The maximum atomic E-state index is 12.7. The molecule has 0 atom stereocenters. The van der Waals surface area contributed by atoms with E-state index in [-0.39, 0.29) is 32.7 Å². The van der Waals surface area contributed by atoms with E-state index in [1.54, 1.807) is 0 Å². The summed E-state index contributed by atoms with van der Waals surface area (Å²) in [5, 5.41) is -1.35. The summed E-state index contributed by atoms with van der Waals surface area (Å²) in [5.74, 6) is -7.58. The Bertz CT molecular complexity index is 1270. The predicted octanol–water partition coefficient (Wildman–Crippen LogP) is 9.88. The van der Waals surface area contributed by atoms with E-state index in [2.05, 4.69) is 97.2 Å². The molecule has 240 valence electrons. The van der Waals surface area contributed by atoms with Gasteiger partial charge in [-0.1, -0.05) is 34.8 Å². The molecule has 22 heteroatoms. The van der Waals surface area contributed by atoms with Gasteiger partial charge < -0.3 is 0 Å². The zero-order valence-corrected chi connectivity index (χ0v) is 36.8. The van der Waals surface area contributed by atoms with Crippen LogP contribution in [0.5, 0.6) is 0 Å². The van der Waals surface area contributed by atoms with Crippen molar-refractivity contribution in [2.75, 3.05) is 0 Å². The summed E-state index contributed by atoms with van der Waals surface area (Å²) in [7, 11) is 0. The van der Waals surface area contributed by atoms with Crippen molar-refractivity contribution in [3.8, 4) is 0 Å². The van der Waals surface area contributed by atoms with Gasteiger partial charge in [0, 0.05) is 6.07 Å². The molecular formula is C21H6Cl4F8I6O3V-. The molecule has 0 aliphatic heterocycles. The van der Waals surface area contributed by atoms with Crippen molar-refractivity contribution >= 4 is 161 Å². The number of hydrogen-bond donors (Lipinski definition) is 0. The summed E-state index contributed by atoms with van der Waals surface area (Å²) in [6.07, 6.45) is 0. The fraction of sp³-hybridized carbons (Fsp3) is 0. The predicted molar refractivity (Wildman–Crippen MR) is 185 cm³/mol. The van der Waals surface area contributed by atoms with Crippen molar-refractivity contribution in [1.29, 1.82) is 0 Å². The molecule has 0 fully saturated rings. The Kier molecular flexibility index (Phi) is 27.8. The van der Waals surface area contributed by atoms with E-state index in [0.29, 0.717) is 25.4 Å². The molecule has 0 aliphatic carbocycles. The number of carbonyl (C=O) groups is 3. The third kappa shape index (κ3) is 20.4. The van der Waals surface area contributed by atoms with Crippen LogP contribution in [-0.4, -0.2) is 17.3 Å². The fourth-order valence-electron chi connectivity index (χ4n) is 2.02. The summed E-state index contributed by atoms with van der Waals surface area (Å²) in [4.78, 5) is 30.3. The molecule has 0 bridgehead atoms. The van der Waals surface area contributed by atoms with Gasteiger partial charge in [0.25, 0.3) is 5.24 Å². The van der Waals surface area contributed by atoms with Gasteiger partial charge in [0.1, 0.15) is 11.6 Å². The van der Waals surface area contributed by atoms with Crippen LogP contribution in [0.4, 0.5) is 35.1 Å². The van der Waals surface area contributed by atoms with Crippen molar-refractivity contribution in [3.63, 3.8) is 0 Å². The number of carbonyl (C=O) groups excluding carboxylic acids is 3. The van der Waals surface area contributed by atoms with Gasteiger partial charge in [0.05, 0.1) is 31.8 Å². The van der Waals surface area contributed by atoms with Crippen LogP contribution >= 0.6 is 144 Å². The molecule has 0 saturated carbocycles. The molecule has 43 heavy (non-hydrogen) atoms. The molecule has 0 heterocycles. The van der Waals surface area contributed by atoms with Crippen LogP contribution in [0, 0.1) is 34.9 Å². The van der Waals surface area contributed by atoms with Gasteiger partial charge in [0.2, 0.25) is 0 Å². The molecule has 0 N–H and O–H groups in total. The molecule has 3 rings (SSSR count). The van der Waals surface area contributed by atoms with Gasteiger partial charge in [-0.05, 0) is 41.9 Å². The fourth-order valence-corrected chi connectivity index (χ4v) is 2.92. The van der Waals surface area contributed by atoms with Crippen LogP contribution in [0.25, 0.3) is 0 Å². The van der Waals surface area contributed by atoms with E-state index in [0.717, 1.165) is 12.1 Å². The minimum atomic E-state index is -2.13. The zero-order chi connectivity index (χ0) is 34.2. The third-order valence-corrected chi connectivity index (χ3v) is 4.78. The molecule has 3 nitrogen and oxygen atoms in total. The van der Waals surface area contributed by atoms with Crippen molar-refractivity contribution in [1.82, 2.24) is 0 Å². The van der Waals surface area contributed by atoms with Gasteiger partial charge in [-0.15, -0.1) is 0 Å². The maximum absolute atomic E-state index is 12.7. The average molecular weight is 1410 g/mol. The van der Waals surface area contributed by atoms with E-state index < -0.39 is 68.4 Å². The van der Waals surface area contributed by atoms with Crippen LogP contribution in [0.2, 0.25) is 15.1 Å². The first-order chi connectivity index (χ1) is 19.7. The Hall–Kier alpha value is 2.23. The van der Waals surface area contributed by atoms with Crippen LogP contribution < -0.4 is 13.3 Å². The monoisotopic (exact) mass is 1410 g/mol. The molecule has 3 aromatic rings. The van der Waals surface area contributed by atoms with Crippen molar-refractivity contribution in [2.24, 2.45) is 0 Å². The summed E-state index contributed by atoms with van der Waals surface area (Å²) < 4.78 is 98.1. The summed E-state index contributed by atoms with van der Waals surface area (Å²) in [6, 6.07) is -0.738. The summed E-state index contributed by atoms with van der Waals surface area (Å²) in [5.41, 5.74) is -1.86. The molecule has 0 aliphatic rings. The Balaban J connectivity index is 0. The first-order valence-corrected chi connectivity index (χ1v) is 37.0. The van der Waals surface area contributed by atoms with E-state index in [1.807, 2.05) is 0 Å². The minimum absolute atomic E-state index is 0.0430. The second-order valence-electron chi connectivity index (χ2n) is 6.31. The molecule has 0 radical (unpaired) electrons. The van der Waals surface area contributed by atoms with Crippen LogP contribution in [0.15, 0.2) is 36.4 Å². The topological polar surface area (TPSA) is 51.2 Å². The van der Waals surface area contributed by atoms with E-state index >= 15 is 0 Å². The van der Waals surface area contributed by atoms with Gasteiger partial charge in [-0.3, -0.25) is 14.4 Å². The normalized spacial score (nSPS) is 9.72. The van der Waals surface area contributed by atoms with Crippen LogP contribution in [0.3, 0.4) is 0 Å². The number of halogens is 18. The zero-order valence-electron chi connectivity index (χ0n) is 19.4. The second-order valence-corrected chi connectivity index (χ2v) is 59.5. The van der Waals surface area contributed by atoms with Crippen molar-refractivity contribution in [2.45, 2.75) is 0 Å². The number of benzene rings is 3. The standard InChI is InChI=1S/C7H2Cl3FO.C7H2ClF3O.C7H2F4O.I3.3HI.V/c8-4-2-5(9)6(11)1-3(4)7(10)12;2*8-4-2-6(10)5(9)1-3(4)7(11)12;1-3-2;;;;/h3*1-2H;;3*1H;/q;;;-1;;;;+3/p-3. The van der Waals surface area contributed by atoms with Crippen LogP contribution in [-0.2, 0) is 4.92 Å². The molecule has 0 aromatic heterocycles. The van der Waals surface area contributed by atoms with Crippen LogP contribution in [0.1, 0.15) is 31.1 Å². The third-order valence-electron chi connectivity index (χ3n) is 3.67. The Morgan fingerprint density at radius 3 is 1.28 bits per heavy atom. The van der Waals surface area contributed by atoms with E-state index in [1.165, 1.54) is 0 Å². The Morgan fingerprint density at radius 2 is 0.884 bits per heavy atom. The van der Waals surface area contributed by atoms with E-state index in [4.69, 9.17) is 46.4 Å². The molecule has 0 unspecified atom stereocenters. The van der Waals surface area contributed by atoms with Gasteiger partial charge in [0.15, 0.2) is 23.3 Å². The Labute approximate surface area is 325 Å². The quantitative estimate of drug-likeness (QED) is 0.114. The van der Waals surface area contributed by atoms with Gasteiger partial charge >= 0.3 is 127 Å². The molecule has 0 spiro atoms. The number of rotatable bonds is 3. The summed E-state index contributed by atoms with van der Waals surface area (Å²) in [6.45, 7) is 0. The first kappa shape index (κ1) is 47.4. The molecule has 0 saturated heterocycles. The Morgan fingerprint density at radius 1 is 0.558 bits per heavy atom.